The fraction of sp³-hybridized carbons (Fsp3) is 0. The van der Waals surface area contributed by atoms with E-state index in [1.54, 1.807) is 0 Å². The Morgan fingerprint density at radius 3 is 0.973 bits per heavy atom. The molecule has 0 aliphatic rings. The van der Waals surface area contributed by atoms with Crippen LogP contribution in [0.4, 0.5) is 0 Å². The van der Waals surface area contributed by atoms with E-state index in [-0.39, 0.29) is 0 Å². The zero-order valence-electron chi connectivity index (χ0n) is 49.3. The number of hydrogen-bond donors (Lipinski definition) is 0. The molecule has 0 spiro atoms. The third-order valence-corrected chi connectivity index (χ3v) is 19.6. The summed E-state index contributed by atoms with van der Waals surface area (Å²) in [7, 11) is 59.3. The van der Waals surface area contributed by atoms with Gasteiger partial charge in [-0.2, -0.15) is 0 Å². The van der Waals surface area contributed by atoms with Gasteiger partial charge in [-0.3, -0.25) is 0 Å². The summed E-state index contributed by atoms with van der Waals surface area (Å²) < 4.78 is 7.02. The summed E-state index contributed by atoms with van der Waals surface area (Å²) in [6, 6.07) is 2.37. The monoisotopic (exact) mass is 914 g/mol. The molecule has 2 aromatic heterocycles. The van der Waals surface area contributed by atoms with Gasteiger partial charge < -0.3 is 4.42 Å². The average Bonchev–Trinajstić information content (AvgIpc) is 3.74. The van der Waals surface area contributed by atoms with E-state index in [4.69, 9.17) is 19.4 Å². The molecule has 0 unspecified atom stereocenters. The predicted molar refractivity (Wildman–Crippen MR) is 404 cm³/mol. The Kier molecular flexibility index (Phi) is 13.5. The van der Waals surface area contributed by atoms with Crippen molar-refractivity contribution in [1.29, 1.82) is 0 Å². The first kappa shape index (κ1) is 53.1. The smallest absolute Gasteiger partial charge is 0.164 e. The van der Waals surface area contributed by atoms with Crippen molar-refractivity contribution in [2.75, 3.05) is 0 Å². The Hall–Kier alpha value is -4.70. The molecule has 73 heavy (non-hydrogen) atoms. The first-order valence-corrected chi connectivity index (χ1v) is 26.6. The second-order valence-electron chi connectivity index (χ2n) is 22.7. The minimum absolute atomic E-state index is 0.676. The van der Waals surface area contributed by atoms with Gasteiger partial charge >= 0.3 is 0 Å². The fourth-order valence-corrected chi connectivity index (χ4v) is 13.5. The van der Waals surface area contributed by atoms with Gasteiger partial charge in [0.1, 0.15) is 215 Å². The van der Waals surface area contributed by atoms with Gasteiger partial charge in [0.25, 0.3) is 0 Å². The van der Waals surface area contributed by atoms with Crippen molar-refractivity contribution < 1.29 is 4.42 Å². The minimum Gasteiger partial charge on any atom is -0.457 e. The fourth-order valence-electron chi connectivity index (χ4n) is 13.5. The highest BCUT2D eigenvalue weighted by atomic mass is 16.3. The maximum atomic E-state index is 7.02. The van der Waals surface area contributed by atoms with Crippen molar-refractivity contribution in [1.82, 2.24) is 15.0 Å². The van der Waals surface area contributed by atoms with Crippen molar-refractivity contribution in [3.63, 3.8) is 0 Å². The number of furan rings is 1. The number of aromatic nitrogens is 3. The molecule has 0 bridgehead atoms. The van der Waals surface area contributed by atoms with Crippen LogP contribution in [-0.2, 0) is 0 Å². The van der Waals surface area contributed by atoms with E-state index < -0.39 is 0 Å². The average molecular weight is 909 g/mol. The van der Waals surface area contributed by atoms with Gasteiger partial charge in [-0.05, 0) is 33.0 Å². The van der Waals surface area contributed by atoms with E-state index in [1.165, 1.54) is 159 Å². The summed E-state index contributed by atoms with van der Waals surface area (Å²) in [5.41, 5.74) is 43.7. The van der Waals surface area contributed by atoms with Crippen LogP contribution in [-0.4, -0.2) is 219 Å². The van der Waals surface area contributed by atoms with Crippen LogP contribution in [0.1, 0.15) is 0 Å². The molecule has 0 radical (unpaired) electrons. The van der Waals surface area contributed by atoms with Crippen molar-refractivity contribution >= 4 is 379 Å². The number of nitrogens with zero attached hydrogens (tertiary/aromatic N) is 3. The molecular weight excluding hydrogens is 856 g/mol. The van der Waals surface area contributed by atoms with Crippen LogP contribution >= 0.6 is 0 Å². The standard InChI is InChI=1S/C43H53B26N3O/c44-2-1-3(45)5(15(46)4(2)7-17(48)20(51)10(21(52)18(7)49)8-16(47)9-11(22(53)19(8)50)24(55)30(61)29(60)23(9)54)41-70-42(72-43(71-41)14-27(58)32(63)35(66)33(64)28(14)59)13-6-12-25(56)31(62)36(67)38(69)40(12)73-39(6)37(68)34(65)26(13)57/h1H,44-69H2. The maximum Gasteiger partial charge on any atom is 0.164 e. The number of rotatable bonds is 5. The van der Waals surface area contributed by atoms with E-state index in [1.807, 2.05) is 0 Å². The topological polar surface area (TPSA) is 51.8 Å². The van der Waals surface area contributed by atoms with Crippen molar-refractivity contribution in [3.8, 4) is 56.4 Å². The lowest BCUT2D eigenvalue weighted by molar-refractivity contribution is 0.675. The zero-order valence-corrected chi connectivity index (χ0v) is 49.3. The highest BCUT2D eigenvalue weighted by molar-refractivity contribution is 6.75. The molecule has 0 aliphatic carbocycles. The van der Waals surface area contributed by atoms with Gasteiger partial charge in [0.05, 0.1) is 0 Å². The number of hydrogen-bond acceptors (Lipinski definition) is 4. The van der Waals surface area contributed by atoms with E-state index in [0.717, 1.165) is 55.0 Å². The molecule has 0 fully saturated rings. The Morgan fingerprint density at radius 2 is 0.479 bits per heavy atom. The van der Waals surface area contributed by atoms with E-state index in [2.05, 4.69) is 210 Å². The van der Waals surface area contributed by atoms with E-state index >= 15 is 0 Å². The SMILES string of the molecule is Bc1cc(B)c(-c2c(B)c(B)c(-c3c(B)c(B)c4c(B)c(B)c(B)c(B)c4c3B)c(B)c2B)c(B)c1-c1nc(-c2c(B)c(B)c(B)c(B)c2B)nc(-c2c(B)c(B)c(B)c3oc4c(B)c(B)c(B)c(B)c4c23)n1. The lowest BCUT2D eigenvalue weighted by Gasteiger charge is -2.30. The normalized spacial score (nSPS) is 11.6. The molecule has 0 N–H and O–H groups in total. The first-order valence-electron chi connectivity index (χ1n) is 26.6. The first-order chi connectivity index (χ1) is 34.1. The largest absolute Gasteiger partial charge is 0.457 e. The number of fused-ring (bicyclic) bond motifs is 4. The molecule has 0 saturated heterocycles. The van der Waals surface area contributed by atoms with Gasteiger partial charge in [-0.25, -0.2) is 15.0 Å². The van der Waals surface area contributed by atoms with Gasteiger partial charge in [-0.15, -0.1) is 32.8 Å². The number of benzene rings is 7. The van der Waals surface area contributed by atoms with Crippen molar-refractivity contribution in [2.45, 2.75) is 0 Å². The highest BCUT2D eigenvalue weighted by Crippen LogP contribution is 2.32. The van der Waals surface area contributed by atoms with Crippen LogP contribution in [0.25, 0.3) is 89.1 Å². The molecule has 30 heteroatoms. The summed E-state index contributed by atoms with van der Waals surface area (Å²) in [6.07, 6.45) is 0. The van der Waals surface area contributed by atoms with Crippen LogP contribution in [0.2, 0.25) is 0 Å². The minimum atomic E-state index is 0.676. The lowest BCUT2D eigenvalue weighted by Crippen LogP contribution is -2.55. The van der Waals surface area contributed by atoms with Gasteiger partial charge in [0, 0.05) is 27.5 Å². The lowest BCUT2D eigenvalue weighted by atomic mass is 9.55. The van der Waals surface area contributed by atoms with Crippen LogP contribution in [0.3, 0.4) is 0 Å². The second kappa shape index (κ2) is 18.5. The maximum absolute atomic E-state index is 7.02. The second-order valence-corrected chi connectivity index (χ2v) is 22.7. The van der Waals surface area contributed by atoms with Crippen LogP contribution in [0, 0.1) is 0 Å². The molecule has 324 valence electrons. The molecule has 0 atom stereocenters. The zero-order chi connectivity index (χ0) is 53.8. The van der Waals surface area contributed by atoms with E-state index in [9.17, 15) is 0 Å². The van der Waals surface area contributed by atoms with Crippen LogP contribution in [0.5, 0.6) is 0 Å². The van der Waals surface area contributed by atoms with Gasteiger partial charge in [0.2, 0.25) is 0 Å². The predicted octanol–water partition coefficient (Wildman–Crippen LogP) is -34.0. The molecule has 9 aromatic rings. The Balaban J connectivity index is 1.38. The summed E-state index contributed by atoms with van der Waals surface area (Å²) in [6.45, 7) is 0. The summed E-state index contributed by atoms with van der Waals surface area (Å²) in [5.74, 6) is 2.07. The summed E-state index contributed by atoms with van der Waals surface area (Å²) in [4.78, 5) is 17.0. The highest BCUT2D eigenvalue weighted by Gasteiger charge is 2.29. The van der Waals surface area contributed by atoms with E-state index in [0.29, 0.717) is 17.5 Å². The molecule has 2 heterocycles. The molecule has 0 aliphatic heterocycles. The molecular formula is C43H53B26N3O. The van der Waals surface area contributed by atoms with Crippen molar-refractivity contribution in [3.05, 3.63) is 6.07 Å². The molecule has 0 amide bonds. The third kappa shape index (κ3) is 7.52. The Bertz CT molecular complexity index is 4000. The van der Waals surface area contributed by atoms with Crippen molar-refractivity contribution in [2.24, 2.45) is 0 Å². The van der Waals surface area contributed by atoms with Crippen LogP contribution < -0.4 is 142 Å². The third-order valence-electron chi connectivity index (χ3n) is 19.6. The summed E-state index contributed by atoms with van der Waals surface area (Å²) in [5, 5.41) is 5.08. The Morgan fingerprint density at radius 1 is 0.205 bits per heavy atom. The quantitative estimate of drug-likeness (QED) is 0.161. The Labute approximate surface area is 457 Å². The summed E-state index contributed by atoms with van der Waals surface area (Å²) >= 11 is 0. The van der Waals surface area contributed by atoms with Crippen LogP contribution in [0.15, 0.2) is 10.5 Å². The molecule has 9 rings (SSSR count). The molecule has 0 saturated carbocycles. The molecule has 4 nitrogen and oxygen atoms in total. The van der Waals surface area contributed by atoms with Gasteiger partial charge in [0.15, 0.2) is 17.5 Å². The van der Waals surface area contributed by atoms with Gasteiger partial charge in [-0.1, -0.05) is 115 Å². The molecule has 7 aromatic carbocycles.